The van der Waals surface area contributed by atoms with Gasteiger partial charge in [-0.1, -0.05) is 30.3 Å². The van der Waals surface area contributed by atoms with Crippen molar-refractivity contribution in [3.63, 3.8) is 0 Å². The van der Waals surface area contributed by atoms with Gasteiger partial charge in [0.05, 0.1) is 5.01 Å². The second-order valence-corrected chi connectivity index (χ2v) is 6.26. The average Bonchev–Trinajstić information content (AvgIpc) is 3.16. The summed E-state index contributed by atoms with van der Waals surface area (Å²) in [4.78, 5) is 18.9. The van der Waals surface area contributed by atoms with Gasteiger partial charge in [0.15, 0.2) is 0 Å². The molecule has 3 rings (SSSR count). The summed E-state index contributed by atoms with van der Waals surface area (Å²) in [6.45, 7) is 1.33. The van der Waals surface area contributed by atoms with Gasteiger partial charge in [0.25, 0.3) is 5.91 Å². The minimum atomic E-state index is 0. The third-order valence-electron chi connectivity index (χ3n) is 3.88. The van der Waals surface area contributed by atoms with Crippen molar-refractivity contribution in [2.24, 2.45) is 5.73 Å². The molecular formula is C16H21Cl2N3OS. The first-order chi connectivity index (χ1) is 10.3. The molecule has 7 heteroatoms. The maximum absolute atomic E-state index is 12.5. The van der Waals surface area contributed by atoms with Crippen molar-refractivity contribution in [2.75, 3.05) is 13.1 Å². The van der Waals surface area contributed by atoms with Crippen molar-refractivity contribution < 1.29 is 4.79 Å². The van der Waals surface area contributed by atoms with Gasteiger partial charge in [-0.2, -0.15) is 0 Å². The molecular weight excluding hydrogens is 353 g/mol. The predicted octanol–water partition coefficient (Wildman–Crippen LogP) is 3.14. The minimum absolute atomic E-state index is 0. The molecule has 0 bridgehead atoms. The van der Waals surface area contributed by atoms with Gasteiger partial charge in [-0.15, -0.1) is 36.2 Å². The molecule has 1 aromatic heterocycles. The number of amides is 1. The van der Waals surface area contributed by atoms with Crippen LogP contribution in [0.5, 0.6) is 0 Å². The Labute approximate surface area is 152 Å². The van der Waals surface area contributed by atoms with Crippen LogP contribution in [0.4, 0.5) is 0 Å². The molecule has 0 radical (unpaired) electrons. The average molecular weight is 374 g/mol. The highest BCUT2D eigenvalue weighted by Crippen LogP contribution is 2.21. The van der Waals surface area contributed by atoms with Crippen LogP contribution in [0.15, 0.2) is 35.7 Å². The first-order valence-corrected chi connectivity index (χ1v) is 8.15. The quantitative estimate of drug-likeness (QED) is 0.895. The molecule has 0 spiro atoms. The summed E-state index contributed by atoms with van der Waals surface area (Å²) in [5.41, 5.74) is 7.51. The smallest absolute Gasteiger partial charge is 0.273 e. The van der Waals surface area contributed by atoms with Crippen LogP contribution in [0.2, 0.25) is 0 Å². The van der Waals surface area contributed by atoms with Crippen molar-refractivity contribution in [3.8, 4) is 0 Å². The molecule has 1 fully saturated rings. The number of thiazole rings is 1. The van der Waals surface area contributed by atoms with Gasteiger partial charge in [-0.25, -0.2) is 4.98 Å². The summed E-state index contributed by atoms with van der Waals surface area (Å²) < 4.78 is 0. The maximum atomic E-state index is 12.5. The first-order valence-electron chi connectivity index (χ1n) is 7.27. The van der Waals surface area contributed by atoms with Crippen LogP contribution in [0.25, 0.3) is 0 Å². The summed E-state index contributed by atoms with van der Waals surface area (Å²) >= 11 is 1.55. The maximum Gasteiger partial charge on any atom is 0.273 e. The fourth-order valence-corrected chi connectivity index (χ4v) is 3.56. The lowest BCUT2D eigenvalue weighted by molar-refractivity contribution is 0.0736. The molecule has 0 aliphatic carbocycles. The largest absolute Gasteiger partial charge is 0.333 e. The molecule has 0 saturated carbocycles. The highest BCUT2D eigenvalue weighted by atomic mass is 35.5. The second-order valence-electron chi connectivity index (χ2n) is 5.32. The first kappa shape index (κ1) is 19.9. The molecule has 1 aromatic carbocycles. The van der Waals surface area contributed by atoms with Crippen molar-refractivity contribution in [2.45, 2.75) is 25.3 Å². The van der Waals surface area contributed by atoms with Crippen LogP contribution in [0.1, 0.15) is 33.9 Å². The summed E-state index contributed by atoms with van der Waals surface area (Å²) in [7, 11) is 0. The van der Waals surface area contributed by atoms with E-state index in [4.69, 9.17) is 5.73 Å². The Kier molecular flexibility index (Phi) is 7.99. The Balaban J connectivity index is 0.00000132. The van der Waals surface area contributed by atoms with Crippen LogP contribution in [-0.2, 0) is 6.42 Å². The number of nitrogens with two attached hydrogens (primary N) is 1. The lowest BCUT2D eigenvalue weighted by Crippen LogP contribution is -2.40. The van der Waals surface area contributed by atoms with Gasteiger partial charge < -0.3 is 10.6 Å². The minimum Gasteiger partial charge on any atom is -0.333 e. The number of hydrogen-bond donors (Lipinski definition) is 1. The molecule has 1 aliphatic heterocycles. The highest BCUT2D eigenvalue weighted by Gasteiger charge is 2.29. The van der Waals surface area contributed by atoms with Crippen molar-refractivity contribution in [1.82, 2.24) is 9.88 Å². The van der Waals surface area contributed by atoms with E-state index in [2.05, 4.69) is 17.1 Å². The number of nitrogens with zero attached hydrogens (tertiary/aromatic N) is 2. The van der Waals surface area contributed by atoms with E-state index in [0.29, 0.717) is 12.2 Å². The fraction of sp³-hybridized carbons (Fsp3) is 0.375. The summed E-state index contributed by atoms with van der Waals surface area (Å²) in [5.74, 6) is 0.0264. The Morgan fingerprint density at radius 1 is 1.30 bits per heavy atom. The van der Waals surface area contributed by atoms with E-state index in [1.54, 1.807) is 11.3 Å². The molecule has 1 aliphatic rings. The second kappa shape index (κ2) is 9.23. The summed E-state index contributed by atoms with van der Waals surface area (Å²) in [6.07, 6.45) is 2.82. The SMILES string of the molecule is Cl.Cl.NCC1CCCN1C(=O)c1csc(Cc2ccccc2)n1. The van der Waals surface area contributed by atoms with E-state index in [9.17, 15) is 4.79 Å². The number of carbonyl (C=O) groups excluding carboxylic acids is 1. The van der Waals surface area contributed by atoms with Crippen LogP contribution < -0.4 is 5.73 Å². The Morgan fingerprint density at radius 2 is 2.04 bits per heavy atom. The Hall–Kier alpha value is -1.14. The number of likely N-dealkylation sites (tertiary alicyclic amines) is 1. The lowest BCUT2D eigenvalue weighted by Gasteiger charge is -2.22. The zero-order chi connectivity index (χ0) is 14.7. The zero-order valence-corrected chi connectivity index (χ0v) is 15.1. The molecule has 2 aromatic rings. The monoisotopic (exact) mass is 373 g/mol. The number of carbonyl (C=O) groups is 1. The van der Waals surface area contributed by atoms with E-state index in [0.717, 1.165) is 30.8 Å². The van der Waals surface area contributed by atoms with Crippen molar-refractivity contribution in [1.29, 1.82) is 0 Å². The highest BCUT2D eigenvalue weighted by molar-refractivity contribution is 7.09. The van der Waals surface area contributed by atoms with Crippen LogP contribution in [0, 0.1) is 0 Å². The summed E-state index contributed by atoms with van der Waals surface area (Å²) in [6, 6.07) is 10.4. The summed E-state index contributed by atoms with van der Waals surface area (Å²) in [5, 5.41) is 2.85. The van der Waals surface area contributed by atoms with Crippen LogP contribution in [-0.4, -0.2) is 34.9 Å². The van der Waals surface area contributed by atoms with E-state index >= 15 is 0 Å². The molecule has 4 nitrogen and oxygen atoms in total. The molecule has 23 heavy (non-hydrogen) atoms. The standard InChI is InChI=1S/C16H19N3OS.2ClH/c17-10-13-7-4-8-19(13)16(20)14-11-21-15(18-14)9-12-5-2-1-3-6-12;;/h1-3,5-6,11,13H,4,7-10,17H2;2*1H. The normalized spacial score (nSPS) is 16.6. The van der Waals surface area contributed by atoms with Gasteiger partial charge in [0, 0.05) is 30.9 Å². The van der Waals surface area contributed by atoms with Gasteiger partial charge in [-0.3, -0.25) is 4.79 Å². The topological polar surface area (TPSA) is 59.2 Å². The van der Waals surface area contributed by atoms with Crippen molar-refractivity contribution >= 4 is 42.1 Å². The van der Waals surface area contributed by atoms with Crippen LogP contribution in [0.3, 0.4) is 0 Å². The van der Waals surface area contributed by atoms with E-state index in [1.807, 2.05) is 28.5 Å². The number of hydrogen-bond acceptors (Lipinski definition) is 4. The third kappa shape index (κ3) is 4.67. The van der Waals surface area contributed by atoms with Gasteiger partial charge >= 0.3 is 0 Å². The molecule has 2 heterocycles. The molecule has 1 saturated heterocycles. The molecule has 126 valence electrons. The third-order valence-corrected chi connectivity index (χ3v) is 4.73. The number of benzene rings is 1. The van der Waals surface area contributed by atoms with Gasteiger partial charge in [0.2, 0.25) is 0 Å². The predicted molar refractivity (Wildman–Crippen MR) is 99.0 cm³/mol. The zero-order valence-electron chi connectivity index (χ0n) is 12.7. The fourth-order valence-electron chi connectivity index (χ4n) is 2.76. The lowest BCUT2D eigenvalue weighted by atomic mass is 10.2. The van der Waals surface area contributed by atoms with Gasteiger partial charge in [0.1, 0.15) is 5.69 Å². The molecule has 1 amide bonds. The van der Waals surface area contributed by atoms with E-state index in [-0.39, 0.29) is 36.8 Å². The number of rotatable bonds is 4. The van der Waals surface area contributed by atoms with Crippen molar-refractivity contribution in [3.05, 3.63) is 52.0 Å². The van der Waals surface area contributed by atoms with E-state index in [1.165, 1.54) is 5.56 Å². The molecule has 2 N–H and O–H groups in total. The molecule has 1 unspecified atom stereocenters. The van der Waals surface area contributed by atoms with Crippen LogP contribution >= 0.6 is 36.2 Å². The Morgan fingerprint density at radius 3 is 2.74 bits per heavy atom. The Bertz CT molecular complexity index is 621. The van der Waals surface area contributed by atoms with E-state index < -0.39 is 0 Å². The van der Waals surface area contributed by atoms with Gasteiger partial charge in [-0.05, 0) is 18.4 Å². The number of halogens is 2. The number of aromatic nitrogens is 1. The molecule has 1 atom stereocenters.